The third kappa shape index (κ3) is 7.51. The van der Waals surface area contributed by atoms with Crippen molar-refractivity contribution >= 4 is 23.2 Å². The first-order valence-electron chi connectivity index (χ1n) is 17.4. The first kappa shape index (κ1) is 34.2. The summed E-state index contributed by atoms with van der Waals surface area (Å²) in [6, 6.07) is 23.6. The molecule has 1 heterocycles. The Morgan fingerprint density at radius 2 is 1.45 bits per heavy atom. The number of carbonyl (C=O) groups is 3. The van der Waals surface area contributed by atoms with Crippen molar-refractivity contribution in [2.24, 2.45) is 10.8 Å². The summed E-state index contributed by atoms with van der Waals surface area (Å²) in [7, 11) is 0. The van der Waals surface area contributed by atoms with Gasteiger partial charge in [0.15, 0.2) is 29.7 Å². The summed E-state index contributed by atoms with van der Waals surface area (Å²) in [6.45, 7) is 13.4. The van der Waals surface area contributed by atoms with Crippen molar-refractivity contribution in [1.29, 1.82) is 0 Å². The van der Waals surface area contributed by atoms with Gasteiger partial charge in [0.2, 0.25) is 0 Å². The number of Topliss-reactive ketones (excluding diaryl/α,β-unsaturated/α-hetero) is 2. The first-order chi connectivity index (χ1) is 23.3. The summed E-state index contributed by atoms with van der Waals surface area (Å²) in [5.74, 6) is 0.318. The van der Waals surface area contributed by atoms with Gasteiger partial charge in [0.25, 0.3) is 5.91 Å². The molecule has 256 valence electrons. The molecule has 49 heavy (non-hydrogen) atoms. The van der Waals surface area contributed by atoms with E-state index in [-0.39, 0.29) is 34.9 Å². The Hall–Kier alpha value is -4.65. The monoisotopic (exact) mass is 660 g/mol. The van der Waals surface area contributed by atoms with E-state index in [2.05, 4.69) is 62.2 Å². The van der Waals surface area contributed by atoms with Crippen molar-refractivity contribution in [2.45, 2.75) is 79.6 Å². The van der Waals surface area contributed by atoms with Crippen LogP contribution in [0, 0.1) is 17.8 Å². The predicted molar refractivity (Wildman–Crippen MR) is 193 cm³/mol. The molecule has 7 heteroatoms. The Labute approximate surface area is 290 Å². The zero-order valence-corrected chi connectivity index (χ0v) is 29.7. The number of allylic oxidation sites excluding steroid dienone is 4. The molecule has 0 radical (unpaired) electrons. The Morgan fingerprint density at radius 1 is 0.796 bits per heavy atom. The summed E-state index contributed by atoms with van der Waals surface area (Å²) in [6.07, 6.45) is 3.15. The average molecular weight is 661 g/mol. The molecule has 3 aromatic carbocycles. The van der Waals surface area contributed by atoms with Gasteiger partial charge in [-0.15, -0.1) is 0 Å². The lowest BCUT2D eigenvalue weighted by Crippen LogP contribution is -2.45. The highest BCUT2D eigenvalue weighted by Gasteiger charge is 2.49. The number of ether oxygens (including phenoxy) is 2. The molecule has 0 spiro atoms. The van der Waals surface area contributed by atoms with Crippen LogP contribution in [0.15, 0.2) is 95.3 Å². The van der Waals surface area contributed by atoms with Crippen LogP contribution < -0.4 is 14.8 Å². The van der Waals surface area contributed by atoms with Crippen LogP contribution in [0.5, 0.6) is 11.5 Å². The van der Waals surface area contributed by atoms with Crippen LogP contribution in [-0.2, 0) is 20.8 Å². The van der Waals surface area contributed by atoms with Crippen molar-refractivity contribution in [3.63, 3.8) is 0 Å². The summed E-state index contributed by atoms with van der Waals surface area (Å²) >= 11 is 0. The lowest BCUT2D eigenvalue weighted by atomic mass is 9.63. The number of ketones is 2. The van der Waals surface area contributed by atoms with Gasteiger partial charge in [-0.2, -0.15) is 0 Å². The van der Waals surface area contributed by atoms with Gasteiger partial charge in [0.05, 0.1) is 6.61 Å². The highest BCUT2D eigenvalue weighted by atomic mass is 16.5. The minimum atomic E-state index is -0.497. The Kier molecular flexibility index (Phi) is 9.56. The van der Waals surface area contributed by atoms with Crippen LogP contribution in [0.3, 0.4) is 0 Å². The smallest absolute Gasteiger partial charge is 0.262 e. The van der Waals surface area contributed by atoms with Crippen LogP contribution >= 0.6 is 0 Å². The van der Waals surface area contributed by atoms with E-state index in [0.717, 1.165) is 52.9 Å². The van der Waals surface area contributed by atoms with Crippen molar-refractivity contribution in [3.8, 4) is 11.5 Å². The third-order valence-corrected chi connectivity index (χ3v) is 9.75. The van der Waals surface area contributed by atoms with Crippen LogP contribution in [-0.4, -0.2) is 42.1 Å². The van der Waals surface area contributed by atoms with Crippen LogP contribution in [0.25, 0.3) is 0 Å². The summed E-state index contributed by atoms with van der Waals surface area (Å²) in [5, 5.41) is 2.88. The van der Waals surface area contributed by atoms with Crippen LogP contribution in [0.1, 0.15) is 82.9 Å². The van der Waals surface area contributed by atoms with E-state index in [1.165, 1.54) is 5.56 Å². The second kappa shape index (κ2) is 13.7. The predicted octanol–water partition coefficient (Wildman–Crippen LogP) is 8.34. The van der Waals surface area contributed by atoms with E-state index < -0.39 is 5.92 Å². The summed E-state index contributed by atoms with van der Waals surface area (Å²) < 4.78 is 12.1. The zero-order valence-electron chi connectivity index (χ0n) is 29.7. The zero-order chi connectivity index (χ0) is 34.9. The number of hydrogen-bond donors (Lipinski definition) is 1. The maximum Gasteiger partial charge on any atom is 0.262 e. The second-order valence-corrected chi connectivity index (χ2v) is 15.3. The number of rotatable bonds is 10. The quantitative estimate of drug-likeness (QED) is 0.235. The molecule has 3 aromatic rings. The number of nitrogens with zero attached hydrogens (tertiary/aromatic N) is 1. The fraction of sp³-hybridized carbons (Fsp3) is 0.405. The molecule has 3 aliphatic rings. The van der Waals surface area contributed by atoms with Gasteiger partial charge in [0.1, 0.15) is 0 Å². The summed E-state index contributed by atoms with van der Waals surface area (Å²) in [5.41, 5.74) is 6.93. The van der Waals surface area contributed by atoms with Crippen molar-refractivity contribution in [3.05, 3.63) is 112 Å². The van der Waals surface area contributed by atoms with E-state index in [1.807, 2.05) is 56.3 Å². The topological polar surface area (TPSA) is 84.9 Å². The van der Waals surface area contributed by atoms with Crippen molar-refractivity contribution < 1.29 is 23.9 Å². The van der Waals surface area contributed by atoms with E-state index in [1.54, 1.807) is 6.07 Å². The molecule has 0 aromatic heterocycles. The molecule has 0 saturated heterocycles. The highest BCUT2D eigenvalue weighted by Crippen LogP contribution is 2.55. The molecule has 0 atom stereocenters. The van der Waals surface area contributed by atoms with Crippen LogP contribution in [0.4, 0.5) is 5.69 Å². The number of amides is 1. The first-order valence-corrected chi connectivity index (χ1v) is 17.4. The molecule has 0 fully saturated rings. The van der Waals surface area contributed by atoms with Gasteiger partial charge in [-0.1, -0.05) is 76.2 Å². The molecular formula is C42H48N2O5. The number of carbonyl (C=O) groups excluding carboxylic acids is 3. The normalized spacial score (nSPS) is 18.6. The fourth-order valence-electron chi connectivity index (χ4n) is 7.69. The van der Waals surface area contributed by atoms with Gasteiger partial charge < -0.3 is 19.7 Å². The minimum absolute atomic E-state index is 0.0938. The van der Waals surface area contributed by atoms with Gasteiger partial charge in [0, 0.05) is 53.5 Å². The van der Waals surface area contributed by atoms with E-state index >= 15 is 0 Å². The third-order valence-electron chi connectivity index (χ3n) is 9.75. The number of nitrogens with one attached hydrogen (secondary N) is 1. The fourth-order valence-corrected chi connectivity index (χ4v) is 7.69. The maximum atomic E-state index is 14.3. The molecule has 2 aliphatic carbocycles. The molecular weight excluding hydrogens is 612 g/mol. The van der Waals surface area contributed by atoms with E-state index in [9.17, 15) is 14.4 Å². The molecule has 1 aliphatic heterocycles. The Balaban J connectivity index is 1.39. The average Bonchev–Trinajstić information content (AvgIpc) is 3.02. The van der Waals surface area contributed by atoms with Gasteiger partial charge >= 0.3 is 0 Å². The van der Waals surface area contributed by atoms with E-state index in [0.29, 0.717) is 43.2 Å². The van der Waals surface area contributed by atoms with Gasteiger partial charge in [-0.3, -0.25) is 14.4 Å². The molecule has 1 N–H and O–H groups in total. The largest absolute Gasteiger partial charge is 0.490 e. The minimum Gasteiger partial charge on any atom is -0.490 e. The number of anilines is 1. The Bertz CT molecular complexity index is 1780. The number of hydrogen-bond acceptors (Lipinski definition) is 6. The molecule has 1 amide bonds. The highest BCUT2D eigenvalue weighted by molar-refractivity contribution is 6.07. The SMILES string of the molecule is CCOc1cc(C2C3=C(CC(C)(C)CC3=O)N(CCc3ccccc3)C3=C2C(=O)CC(C)(C)C3)ccc1OCC(=O)Nc1cccc(C)c1. The Morgan fingerprint density at radius 3 is 2.06 bits per heavy atom. The van der Waals surface area contributed by atoms with Gasteiger partial charge in [-0.05, 0) is 84.9 Å². The number of benzene rings is 3. The molecule has 6 rings (SSSR count). The van der Waals surface area contributed by atoms with Crippen molar-refractivity contribution in [1.82, 2.24) is 4.90 Å². The van der Waals surface area contributed by atoms with Gasteiger partial charge in [-0.25, -0.2) is 0 Å². The lowest BCUT2D eigenvalue weighted by Gasteiger charge is -2.49. The molecule has 0 saturated carbocycles. The summed E-state index contributed by atoms with van der Waals surface area (Å²) in [4.78, 5) is 43.6. The maximum absolute atomic E-state index is 14.3. The van der Waals surface area contributed by atoms with Crippen LogP contribution in [0.2, 0.25) is 0 Å². The molecule has 0 bridgehead atoms. The standard InChI is InChI=1S/C42H48N2O5/c1-7-48-36-21-29(16-17-35(36)49-26-37(47)43-30-15-11-12-27(2)20-30)38-39-31(22-41(3,4)24-33(39)45)44(19-18-28-13-9-8-10-14-28)32-23-42(5,6)25-34(46)40(32)38/h8-17,20-21,38H,7,18-19,22-26H2,1-6H3,(H,43,47). The van der Waals surface area contributed by atoms with Crippen molar-refractivity contribution in [2.75, 3.05) is 25.1 Å². The lowest BCUT2D eigenvalue weighted by molar-refractivity contribution is -0.120. The number of aryl methyl sites for hydroxylation is 1. The second-order valence-electron chi connectivity index (χ2n) is 15.3. The van der Waals surface area contributed by atoms with E-state index in [4.69, 9.17) is 9.47 Å². The molecule has 7 nitrogen and oxygen atoms in total. The molecule has 0 unspecified atom stereocenters.